The number of rotatable bonds is 5. The molecule has 1 amide bonds. The average molecular weight is 382 g/mol. The van der Waals surface area contributed by atoms with Crippen molar-refractivity contribution in [3.05, 3.63) is 29.8 Å². The van der Waals surface area contributed by atoms with Crippen LogP contribution in [0.3, 0.4) is 0 Å². The van der Waals surface area contributed by atoms with E-state index in [1.807, 2.05) is 6.92 Å². The second-order valence-corrected chi connectivity index (χ2v) is 10.1. The SMILES string of the molecule is CC(C)(C)NS(=O)(=O)c1ccccc1CNC(=O)C1CCCCC1(C)N. The largest absolute Gasteiger partial charge is 0.352 e. The molecule has 2 unspecified atom stereocenters. The van der Waals surface area contributed by atoms with Crippen LogP contribution < -0.4 is 15.8 Å². The van der Waals surface area contributed by atoms with E-state index in [1.165, 1.54) is 0 Å². The molecule has 2 rings (SSSR count). The number of nitrogens with one attached hydrogen (secondary N) is 2. The van der Waals surface area contributed by atoms with Crippen LogP contribution in [-0.2, 0) is 21.4 Å². The molecule has 1 fully saturated rings. The second kappa shape index (κ2) is 7.66. The highest BCUT2D eigenvalue weighted by Gasteiger charge is 2.37. The lowest BCUT2D eigenvalue weighted by molar-refractivity contribution is -0.128. The number of carbonyl (C=O) groups is 1. The summed E-state index contributed by atoms with van der Waals surface area (Å²) in [5, 5.41) is 2.89. The van der Waals surface area contributed by atoms with Crippen molar-refractivity contribution in [2.24, 2.45) is 11.7 Å². The van der Waals surface area contributed by atoms with Crippen LogP contribution in [0.15, 0.2) is 29.2 Å². The van der Waals surface area contributed by atoms with Gasteiger partial charge in [-0.2, -0.15) is 0 Å². The summed E-state index contributed by atoms with van der Waals surface area (Å²) in [5.74, 6) is -0.349. The van der Waals surface area contributed by atoms with Gasteiger partial charge in [-0.3, -0.25) is 4.79 Å². The van der Waals surface area contributed by atoms with Crippen molar-refractivity contribution in [3.8, 4) is 0 Å². The van der Waals surface area contributed by atoms with E-state index in [2.05, 4.69) is 10.0 Å². The fourth-order valence-corrected chi connectivity index (χ4v) is 5.12. The fourth-order valence-electron chi connectivity index (χ4n) is 3.46. The molecule has 1 aliphatic carbocycles. The first-order valence-corrected chi connectivity index (χ1v) is 10.6. The summed E-state index contributed by atoms with van der Waals surface area (Å²) in [6.07, 6.45) is 3.62. The predicted molar refractivity (Wildman–Crippen MR) is 103 cm³/mol. The van der Waals surface area contributed by atoms with Crippen molar-refractivity contribution < 1.29 is 13.2 Å². The molecule has 1 aliphatic rings. The van der Waals surface area contributed by atoms with Gasteiger partial charge in [0.2, 0.25) is 15.9 Å². The number of hydrogen-bond donors (Lipinski definition) is 3. The minimum absolute atomic E-state index is 0.106. The van der Waals surface area contributed by atoms with E-state index in [0.29, 0.717) is 5.56 Å². The molecule has 0 aliphatic heterocycles. The van der Waals surface area contributed by atoms with Gasteiger partial charge in [0.25, 0.3) is 0 Å². The van der Waals surface area contributed by atoms with E-state index in [0.717, 1.165) is 25.7 Å². The standard InChI is InChI=1S/C19H31N3O3S/c1-18(2,3)22-26(24,25)16-11-6-5-9-14(16)13-21-17(23)15-10-7-8-12-19(15,4)20/h5-6,9,11,15,22H,7-8,10,12-13,20H2,1-4H3,(H,21,23). The van der Waals surface area contributed by atoms with Crippen molar-refractivity contribution in [2.45, 2.75) is 75.9 Å². The fraction of sp³-hybridized carbons (Fsp3) is 0.632. The second-order valence-electron chi connectivity index (χ2n) is 8.49. The van der Waals surface area contributed by atoms with E-state index in [9.17, 15) is 13.2 Å². The van der Waals surface area contributed by atoms with Crippen molar-refractivity contribution in [1.29, 1.82) is 0 Å². The highest BCUT2D eigenvalue weighted by molar-refractivity contribution is 7.89. The Kier molecular flexibility index (Phi) is 6.15. The lowest BCUT2D eigenvalue weighted by Crippen LogP contribution is -2.52. The Bertz CT molecular complexity index is 752. The number of carbonyl (C=O) groups excluding carboxylic acids is 1. The van der Waals surface area contributed by atoms with Gasteiger partial charge in [-0.05, 0) is 52.2 Å². The number of nitrogens with two attached hydrogens (primary N) is 1. The van der Waals surface area contributed by atoms with Gasteiger partial charge in [0.1, 0.15) is 0 Å². The molecular weight excluding hydrogens is 350 g/mol. The summed E-state index contributed by atoms with van der Waals surface area (Å²) in [7, 11) is -3.67. The van der Waals surface area contributed by atoms with Crippen molar-refractivity contribution in [2.75, 3.05) is 0 Å². The Hall–Kier alpha value is -1.44. The lowest BCUT2D eigenvalue weighted by Gasteiger charge is -2.37. The third-order valence-electron chi connectivity index (χ3n) is 4.73. The molecule has 26 heavy (non-hydrogen) atoms. The Morgan fingerprint density at radius 1 is 1.27 bits per heavy atom. The molecule has 0 aromatic heterocycles. The molecule has 4 N–H and O–H groups in total. The molecule has 0 radical (unpaired) electrons. The highest BCUT2D eigenvalue weighted by Crippen LogP contribution is 2.31. The molecule has 0 heterocycles. The van der Waals surface area contributed by atoms with Crippen LogP contribution in [0.4, 0.5) is 0 Å². The van der Waals surface area contributed by atoms with Gasteiger partial charge in [-0.1, -0.05) is 31.0 Å². The maximum absolute atomic E-state index is 12.7. The van der Waals surface area contributed by atoms with Crippen LogP contribution >= 0.6 is 0 Å². The summed E-state index contributed by atoms with van der Waals surface area (Å²) in [5.41, 5.74) is 5.76. The molecule has 1 aromatic carbocycles. The van der Waals surface area contributed by atoms with Crippen LogP contribution in [0.25, 0.3) is 0 Å². The maximum atomic E-state index is 12.7. The Morgan fingerprint density at radius 2 is 1.92 bits per heavy atom. The van der Waals surface area contributed by atoms with Gasteiger partial charge in [0.15, 0.2) is 0 Å². The van der Waals surface area contributed by atoms with Crippen molar-refractivity contribution in [3.63, 3.8) is 0 Å². The first-order valence-electron chi connectivity index (χ1n) is 9.11. The molecule has 0 bridgehead atoms. The predicted octanol–water partition coefficient (Wildman–Crippen LogP) is 2.29. The zero-order chi connectivity index (χ0) is 19.6. The van der Waals surface area contributed by atoms with Crippen LogP contribution in [0.2, 0.25) is 0 Å². The monoisotopic (exact) mass is 381 g/mol. The van der Waals surface area contributed by atoms with Crippen LogP contribution in [0.5, 0.6) is 0 Å². The lowest BCUT2D eigenvalue weighted by atomic mass is 9.74. The van der Waals surface area contributed by atoms with Crippen LogP contribution in [-0.4, -0.2) is 25.4 Å². The molecule has 2 atom stereocenters. The number of sulfonamides is 1. The minimum Gasteiger partial charge on any atom is -0.352 e. The highest BCUT2D eigenvalue weighted by atomic mass is 32.2. The van der Waals surface area contributed by atoms with Crippen molar-refractivity contribution in [1.82, 2.24) is 10.0 Å². The minimum atomic E-state index is -3.67. The molecule has 7 heteroatoms. The van der Waals surface area contributed by atoms with Gasteiger partial charge >= 0.3 is 0 Å². The van der Waals surface area contributed by atoms with E-state index in [-0.39, 0.29) is 23.3 Å². The average Bonchev–Trinajstić information content (AvgIpc) is 2.50. The van der Waals surface area contributed by atoms with E-state index >= 15 is 0 Å². The molecule has 1 aromatic rings. The van der Waals surface area contributed by atoms with Crippen LogP contribution in [0.1, 0.15) is 58.9 Å². The molecular formula is C19H31N3O3S. The summed E-state index contributed by atoms with van der Waals surface area (Å²) < 4.78 is 28.0. The van der Waals surface area contributed by atoms with Gasteiger partial charge in [0, 0.05) is 17.6 Å². The summed E-state index contributed by atoms with van der Waals surface area (Å²) in [6.45, 7) is 7.45. The molecule has 146 valence electrons. The first kappa shape index (κ1) is 20.9. The topological polar surface area (TPSA) is 101 Å². The third kappa shape index (κ3) is 5.28. The molecule has 6 nitrogen and oxygen atoms in total. The molecule has 0 spiro atoms. The normalized spacial score (nSPS) is 24.3. The van der Waals surface area contributed by atoms with Crippen molar-refractivity contribution >= 4 is 15.9 Å². The Morgan fingerprint density at radius 3 is 2.54 bits per heavy atom. The van der Waals surface area contributed by atoms with Gasteiger partial charge in [0.05, 0.1) is 10.8 Å². The van der Waals surface area contributed by atoms with Gasteiger partial charge in [-0.15, -0.1) is 0 Å². The quantitative estimate of drug-likeness (QED) is 0.728. The number of benzene rings is 1. The van der Waals surface area contributed by atoms with Gasteiger partial charge < -0.3 is 11.1 Å². The number of hydrogen-bond acceptors (Lipinski definition) is 4. The van der Waals surface area contributed by atoms with Crippen LogP contribution in [0, 0.1) is 5.92 Å². The zero-order valence-corrected chi connectivity index (χ0v) is 16.9. The smallest absolute Gasteiger partial charge is 0.241 e. The zero-order valence-electron chi connectivity index (χ0n) is 16.1. The summed E-state index contributed by atoms with van der Waals surface area (Å²) >= 11 is 0. The molecule has 1 saturated carbocycles. The Labute approximate surface area is 157 Å². The van der Waals surface area contributed by atoms with Gasteiger partial charge in [-0.25, -0.2) is 13.1 Å². The maximum Gasteiger partial charge on any atom is 0.241 e. The first-order chi connectivity index (χ1) is 11.9. The van der Waals surface area contributed by atoms with E-state index in [4.69, 9.17) is 5.73 Å². The van der Waals surface area contributed by atoms with E-state index < -0.39 is 21.1 Å². The summed E-state index contributed by atoms with van der Waals surface area (Å²) in [4.78, 5) is 12.8. The van der Waals surface area contributed by atoms with E-state index in [1.54, 1.807) is 45.0 Å². The summed E-state index contributed by atoms with van der Waals surface area (Å²) in [6, 6.07) is 6.73. The molecule has 0 saturated heterocycles. The number of amides is 1. The third-order valence-corrected chi connectivity index (χ3v) is 6.58. The Balaban J connectivity index is 2.15.